The lowest BCUT2D eigenvalue weighted by molar-refractivity contribution is -0.151. The summed E-state index contributed by atoms with van der Waals surface area (Å²) in [5.41, 5.74) is 1.06. The second-order valence-corrected chi connectivity index (χ2v) is 7.29. The minimum Gasteiger partial charge on any atom is -0.497 e. The van der Waals surface area contributed by atoms with Crippen molar-refractivity contribution in [2.24, 2.45) is 5.92 Å². The number of benzene rings is 2. The molecule has 0 unspecified atom stereocenters. The van der Waals surface area contributed by atoms with Gasteiger partial charge in [-0.1, -0.05) is 23.2 Å². The first-order valence-electron chi connectivity index (χ1n) is 8.72. The third kappa shape index (κ3) is 5.40. The molecule has 1 atom stereocenters. The van der Waals surface area contributed by atoms with Gasteiger partial charge < -0.3 is 19.7 Å². The van der Waals surface area contributed by atoms with Gasteiger partial charge in [0.2, 0.25) is 5.91 Å². The van der Waals surface area contributed by atoms with Crippen LogP contribution < -0.4 is 15.0 Å². The minimum absolute atomic E-state index is 0.0242. The summed E-state index contributed by atoms with van der Waals surface area (Å²) in [6, 6.07) is 11.5. The van der Waals surface area contributed by atoms with Crippen molar-refractivity contribution < 1.29 is 23.9 Å². The lowest BCUT2D eigenvalue weighted by atomic mass is 10.1. The van der Waals surface area contributed by atoms with Gasteiger partial charge in [-0.2, -0.15) is 0 Å². The second-order valence-electron chi connectivity index (χ2n) is 6.42. The van der Waals surface area contributed by atoms with Gasteiger partial charge in [-0.3, -0.25) is 14.4 Å². The molecule has 1 aliphatic heterocycles. The number of anilines is 2. The van der Waals surface area contributed by atoms with Crippen molar-refractivity contribution >= 4 is 52.4 Å². The molecule has 0 spiro atoms. The predicted molar refractivity (Wildman–Crippen MR) is 110 cm³/mol. The van der Waals surface area contributed by atoms with Crippen LogP contribution in [0.5, 0.6) is 5.75 Å². The number of carbonyl (C=O) groups is 3. The molecule has 1 aliphatic rings. The van der Waals surface area contributed by atoms with E-state index in [2.05, 4.69) is 5.32 Å². The van der Waals surface area contributed by atoms with E-state index in [1.54, 1.807) is 31.4 Å². The van der Waals surface area contributed by atoms with Crippen molar-refractivity contribution in [2.45, 2.75) is 6.42 Å². The highest BCUT2D eigenvalue weighted by Gasteiger charge is 2.36. The molecule has 2 amide bonds. The molecule has 0 aliphatic carbocycles. The van der Waals surface area contributed by atoms with Crippen molar-refractivity contribution in [3.63, 3.8) is 0 Å². The van der Waals surface area contributed by atoms with Crippen molar-refractivity contribution in [1.29, 1.82) is 0 Å². The van der Waals surface area contributed by atoms with Gasteiger partial charge in [-0.15, -0.1) is 0 Å². The van der Waals surface area contributed by atoms with E-state index < -0.39 is 24.4 Å². The number of carbonyl (C=O) groups excluding carboxylic acids is 3. The summed E-state index contributed by atoms with van der Waals surface area (Å²) in [4.78, 5) is 38.1. The number of esters is 1. The molecule has 3 rings (SSSR count). The van der Waals surface area contributed by atoms with Crippen LogP contribution in [0, 0.1) is 5.92 Å². The Morgan fingerprint density at radius 1 is 1.14 bits per heavy atom. The summed E-state index contributed by atoms with van der Waals surface area (Å²) in [7, 11) is 1.55. The number of nitrogens with zero attached hydrogens (tertiary/aromatic N) is 1. The molecule has 0 radical (unpaired) electrons. The fraction of sp³-hybridized carbons (Fsp3) is 0.250. The van der Waals surface area contributed by atoms with Crippen LogP contribution in [0.1, 0.15) is 6.42 Å². The van der Waals surface area contributed by atoms with Crippen molar-refractivity contribution in [3.8, 4) is 5.75 Å². The van der Waals surface area contributed by atoms with Gasteiger partial charge in [-0.05, 0) is 42.5 Å². The van der Waals surface area contributed by atoms with Crippen LogP contribution in [0.3, 0.4) is 0 Å². The number of hydrogen-bond acceptors (Lipinski definition) is 5. The van der Waals surface area contributed by atoms with E-state index in [0.717, 1.165) is 0 Å². The summed E-state index contributed by atoms with van der Waals surface area (Å²) < 4.78 is 10.2. The van der Waals surface area contributed by atoms with Crippen LogP contribution in [0.15, 0.2) is 42.5 Å². The number of hydrogen-bond donors (Lipinski definition) is 1. The Labute approximate surface area is 177 Å². The van der Waals surface area contributed by atoms with Gasteiger partial charge in [0, 0.05) is 34.4 Å². The summed E-state index contributed by atoms with van der Waals surface area (Å²) in [5, 5.41) is 3.29. The molecule has 1 N–H and O–H groups in total. The zero-order valence-corrected chi connectivity index (χ0v) is 17.0. The van der Waals surface area contributed by atoms with Crippen LogP contribution in [-0.2, 0) is 19.1 Å². The Bertz CT molecular complexity index is 913. The topological polar surface area (TPSA) is 84.9 Å². The predicted octanol–water partition coefficient (Wildman–Crippen LogP) is 3.54. The average Bonchev–Trinajstić information content (AvgIpc) is 3.07. The van der Waals surface area contributed by atoms with Gasteiger partial charge in [0.1, 0.15) is 5.75 Å². The highest BCUT2D eigenvalue weighted by atomic mass is 35.5. The second kappa shape index (κ2) is 9.15. The van der Waals surface area contributed by atoms with Crippen molar-refractivity contribution in [2.75, 3.05) is 30.5 Å². The van der Waals surface area contributed by atoms with Gasteiger partial charge in [-0.25, -0.2) is 0 Å². The Morgan fingerprint density at radius 2 is 1.79 bits per heavy atom. The molecule has 7 nitrogen and oxygen atoms in total. The number of ether oxygens (including phenoxy) is 2. The fourth-order valence-corrected chi connectivity index (χ4v) is 3.48. The van der Waals surface area contributed by atoms with E-state index in [0.29, 0.717) is 27.2 Å². The summed E-state index contributed by atoms with van der Waals surface area (Å²) in [6.45, 7) is -0.286. The molecule has 9 heteroatoms. The molecule has 2 aromatic carbocycles. The average molecular weight is 437 g/mol. The number of rotatable bonds is 6. The maximum Gasteiger partial charge on any atom is 0.311 e. The molecular weight excluding hydrogens is 419 g/mol. The Kier molecular flexibility index (Phi) is 6.61. The summed E-state index contributed by atoms with van der Waals surface area (Å²) in [6.07, 6.45) is 0.0242. The number of halogens is 2. The maximum absolute atomic E-state index is 12.3. The summed E-state index contributed by atoms with van der Waals surface area (Å²) >= 11 is 11.8. The molecule has 1 heterocycles. The molecule has 29 heavy (non-hydrogen) atoms. The van der Waals surface area contributed by atoms with Gasteiger partial charge >= 0.3 is 5.97 Å². The Balaban J connectivity index is 1.52. The SMILES string of the molecule is COc1ccc(N2C[C@@H](C(=O)OCC(=O)Nc3cc(Cl)cc(Cl)c3)CC2=O)cc1. The molecular formula is C20H18Cl2N2O5. The molecule has 2 aromatic rings. The summed E-state index contributed by atoms with van der Waals surface area (Å²) in [5.74, 6) is -1.29. The molecule has 1 fully saturated rings. The third-order valence-corrected chi connectivity index (χ3v) is 4.77. The monoisotopic (exact) mass is 436 g/mol. The molecule has 0 aromatic heterocycles. The van der Waals surface area contributed by atoms with E-state index >= 15 is 0 Å². The quantitative estimate of drug-likeness (QED) is 0.699. The van der Waals surface area contributed by atoms with Crippen molar-refractivity contribution in [3.05, 3.63) is 52.5 Å². The van der Waals surface area contributed by atoms with Crippen molar-refractivity contribution in [1.82, 2.24) is 0 Å². The highest BCUT2D eigenvalue weighted by Crippen LogP contribution is 2.27. The van der Waals surface area contributed by atoms with Crippen LogP contribution >= 0.6 is 23.2 Å². The lowest BCUT2D eigenvalue weighted by Crippen LogP contribution is -2.28. The first kappa shape index (κ1) is 21.0. The highest BCUT2D eigenvalue weighted by molar-refractivity contribution is 6.35. The zero-order valence-electron chi connectivity index (χ0n) is 15.5. The first-order valence-corrected chi connectivity index (χ1v) is 9.48. The lowest BCUT2D eigenvalue weighted by Gasteiger charge is -2.17. The molecule has 0 bridgehead atoms. The largest absolute Gasteiger partial charge is 0.497 e. The van der Waals surface area contributed by atoms with E-state index in [-0.39, 0.29) is 18.9 Å². The van der Waals surface area contributed by atoms with E-state index in [1.165, 1.54) is 23.1 Å². The fourth-order valence-electron chi connectivity index (χ4n) is 2.95. The smallest absolute Gasteiger partial charge is 0.311 e. The van der Waals surface area contributed by atoms with Crippen LogP contribution in [-0.4, -0.2) is 38.0 Å². The zero-order chi connectivity index (χ0) is 21.0. The molecule has 1 saturated heterocycles. The van der Waals surface area contributed by atoms with E-state index in [1.807, 2.05) is 0 Å². The molecule has 0 saturated carbocycles. The first-order chi connectivity index (χ1) is 13.9. The molecule has 152 valence electrons. The van der Waals surface area contributed by atoms with Gasteiger partial charge in [0.15, 0.2) is 6.61 Å². The van der Waals surface area contributed by atoms with Gasteiger partial charge in [0.25, 0.3) is 5.91 Å². The van der Waals surface area contributed by atoms with Crippen LogP contribution in [0.4, 0.5) is 11.4 Å². The number of nitrogens with one attached hydrogen (secondary N) is 1. The normalized spacial score (nSPS) is 15.9. The Hall–Kier alpha value is -2.77. The van der Waals surface area contributed by atoms with Crippen LogP contribution in [0.2, 0.25) is 10.0 Å². The number of amides is 2. The minimum atomic E-state index is -0.641. The van der Waals surface area contributed by atoms with E-state index in [9.17, 15) is 14.4 Å². The number of methoxy groups -OCH3 is 1. The van der Waals surface area contributed by atoms with Gasteiger partial charge in [0.05, 0.1) is 13.0 Å². The Morgan fingerprint density at radius 3 is 2.41 bits per heavy atom. The van der Waals surface area contributed by atoms with Crippen LogP contribution in [0.25, 0.3) is 0 Å². The van der Waals surface area contributed by atoms with E-state index in [4.69, 9.17) is 32.7 Å². The standard InChI is InChI=1S/C20H18Cl2N2O5/c1-28-17-4-2-16(3-5-17)24-10-12(6-19(24)26)20(27)29-11-18(25)23-15-8-13(21)7-14(22)9-15/h2-5,7-9,12H,6,10-11H2,1H3,(H,23,25)/t12-/m0/s1. The maximum atomic E-state index is 12.3. The third-order valence-electron chi connectivity index (χ3n) is 4.33.